The second-order valence-corrected chi connectivity index (χ2v) is 4.01. The summed E-state index contributed by atoms with van der Waals surface area (Å²) in [5, 5.41) is 0. The lowest BCUT2D eigenvalue weighted by Gasteiger charge is -2.30. The quantitative estimate of drug-likeness (QED) is 0.385. The van der Waals surface area contributed by atoms with E-state index in [1.807, 2.05) is 0 Å². The van der Waals surface area contributed by atoms with E-state index in [9.17, 15) is 4.79 Å². The summed E-state index contributed by atoms with van der Waals surface area (Å²) in [7, 11) is 5.57. The van der Waals surface area contributed by atoms with Gasteiger partial charge in [0.25, 0.3) is 0 Å². The number of carbonyl (C=O) groups is 1. The number of halogens is 1. The van der Waals surface area contributed by atoms with E-state index in [0.717, 1.165) is 32.2 Å². The van der Waals surface area contributed by atoms with Gasteiger partial charge in [-0.1, -0.05) is 15.9 Å². The van der Waals surface area contributed by atoms with Crippen molar-refractivity contribution in [1.82, 2.24) is 4.81 Å². The monoisotopic (exact) mass is 215 g/mol. The van der Waals surface area contributed by atoms with Crippen molar-refractivity contribution in [3.8, 4) is 0 Å². The molecule has 1 fully saturated rings. The number of piperidine rings is 1. The molecule has 0 spiro atoms. The molecule has 0 saturated carbocycles. The number of carbonyl (C=O) groups excluding carboxylic acids is 1. The van der Waals surface area contributed by atoms with E-state index in [4.69, 9.17) is 7.98 Å². The highest BCUT2D eigenvalue weighted by atomic mass is 79.9. The van der Waals surface area contributed by atoms with Crippen molar-refractivity contribution >= 4 is 30.2 Å². The van der Waals surface area contributed by atoms with E-state index in [1.165, 1.54) is 0 Å². The molecule has 4 heteroatoms. The van der Waals surface area contributed by atoms with Crippen LogP contribution in [0.1, 0.15) is 12.8 Å². The van der Waals surface area contributed by atoms with E-state index in [2.05, 4.69) is 15.9 Å². The zero-order valence-electron chi connectivity index (χ0n) is 6.37. The van der Waals surface area contributed by atoms with Crippen molar-refractivity contribution in [3.63, 3.8) is 0 Å². The molecule has 1 saturated heterocycles. The number of alkyl halides is 1. The van der Waals surface area contributed by atoms with Gasteiger partial charge in [0.05, 0.1) is 4.83 Å². The molecule has 1 rings (SSSR count). The average molecular weight is 216 g/mol. The van der Waals surface area contributed by atoms with Crippen LogP contribution in [0.4, 0.5) is 0 Å². The molecule has 1 heterocycles. The van der Waals surface area contributed by atoms with Crippen molar-refractivity contribution in [2.24, 2.45) is 5.92 Å². The number of hydrogen-bond acceptors (Lipinski definition) is 2. The van der Waals surface area contributed by atoms with Gasteiger partial charge in [-0.2, -0.15) is 0 Å². The van der Waals surface area contributed by atoms with Crippen molar-refractivity contribution < 1.29 is 4.79 Å². The minimum absolute atomic E-state index is 0.0243. The van der Waals surface area contributed by atoms with E-state index >= 15 is 0 Å². The summed E-state index contributed by atoms with van der Waals surface area (Å²) in [6.07, 6.45) is 3.01. The van der Waals surface area contributed by atoms with E-state index in [0.29, 0.717) is 5.92 Å². The maximum Gasteiger partial charge on any atom is 0.182 e. The molecular formula is C7H11BBrNO. The second-order valence-electron chi connectivity index (χ2n) is 2.95. The van der Waals surface area contributed by atoms with Gasteiger partial charge in [0.15, 0.2) is 7.98 Å². The summed E-state index contributed by atoms with van der Waals surface area (Å²) in [6, 6.07) is 0. The highest BCUT2D eigenvalue weighted by Gasteiger charge is 2.22. The van der Waals surface area contributed by atoms with E-state index in [1.54, 1.807) is 4.81 Å². The molecule has 2 radical (unpaired) electrons. The third-order valence-corrected chi connectivity index (χ3v) is 3.12. The molecule has 0 N–H and O–H groups in total. The molecule has 1 aliphatic rings. The predicted molar refractivity (Wildman–Crippen MR) is 48.8 cm³/mol. The highest BCUT2D eigenvalue weighted by Crippen LogP contribution is 2.22. The lowest BCUT2D eigenvalue weighted by atomic mass is 9.93. The maximum atomic E-state index is 10.4. The number of rotatable bonds is 2. The van der Waals surface area contributed by atoms with Crippen LogP contribution in [0, 0.1) is 5.92 Å². The Labute approximate surface area is 76.9 Å². The van der Waals surface area contributed by atoms with Gasteiger partial charge in [-0.25, -0.2) is 0 Å². The predicted octanol–water partition coefficient (Wildman–Crippen LogP) is 0.744. The molecule has 1 unspecified atom stereocenters. The van der Waals surface area contributed by atoms with E-state index in [-0.39, 0.29) is 4.83 Å². The Hall–Kier alpha value is 0.175. The third kappa shape index (κ3) is 2.60. The minimum Gasteiger partial charge on any atom is -0.353 e. The van der Waals surface area contributed by atoms with Gasteiger partial charge in [0.2, 0.25) is 0 Å². The summed E-state index contributed by atoms with van der Waals surface area (Å²) < 4.78 is 0. The summed E-state index contributed by atoms with van der Waals surface area (Å²) in [6.45, 7) is 1.81. The molecule has 0 aliphatic carbocycles. The van der Waals surface area contributed by atoms with Crippen LogP contribution in [0.3, 0.4) is 0 Å². The Kier molecular flexibility index (Phi) is 3.59. The molecule has 0 bridgehead atoms. The second kappa shape index (κ2) is 4.26. The summed E-state index contributed by atoms with van der Waals surface area (Å²) in [5.41, 5.74) is 0. The normalized spacial score (nSPS) is 24.8. The van der Waals surface area contributed by atoms with Crippen LogP contribution >= 0.6 is 15.9 Å². The third-order valence-electron chi connectivity index (χ3n) is 2.15. The number of aldehydes is 1. The SMILES string of the molecule is [B]N1CCC(C(Br)C=O)CC1. The highest BCUT2D eigenvalue weighted by molar-refractivity contribution is 9.09. The van der Waals surface area contributed by atoms with Crippen LogP contribution in [0.5, 0.6) is 0 Å². The Morgan fingerprint density at radius 1 is 1.55 bits per heavy atom. The first-order chi connectivity index (χ1) is 5.24. The first kappa shape index (κ1) is 9.26. The number of hydrogen-bond donors (Lipinski definition) is 0. The molecule has 1 atom stereocenters. The largest absolute Gasteiger partial charge is 0.353 e. The van der Waals surface area contributed by atoms with Gasteiger partial charge in [0.1, 0.15) is 6.29 Å². The van der Waals surface area contributed by atoms with Crippen molar-refractivity contribution in [2.45, 2.75) is 17.7 Å². The zero-order valence-corrected chi connectivity index (χ0v) is 7.96. The first-order valence-electron chi connectivity index (χ1n) is 3.83. The molecule has 0 amide bonds. The smallest absolute Gasteiger partial charge is 0.182 e. The van der Waals surface area contributed by atoms with Gasteiger partial charge >= 0.3 is 0 Å². The fourth-order valence-electron chi connectivity index (χ4n) is 1.35. The standard InChI is InChI=1S/C7H11BBrNO/c8-10-3-1-6(2-4-10)7(9)5-11/h5-7H,1-4H2. The Bertz CT molecular complexity index is 136. The fourth-order valence-corrected chi connectivity index (χ4v) is 1.88. The van der Waals surface area contributed by atoms with Gasteiger partial charge in [-0.05, 0) is 31.8 Å². The van der Waals surface area contributed by atoms with Crippen LogP contribution in [-0.2, 0) is 4.79 Å². The zero-order chi connectivity index (χ0) is 8.27. The Morgan fingerprint density at radius 3 is 2.55 bits per heavy atom. The molecule has 1 aliphatic heterocycles. The van der Waals surface area contributed by atoms with Crippen LogP contribution < -0.4 is 0 Å². The molecule has 2 nitrogen and oxygen atoms in total. The topological polar surface area (TPSA) is 20.3 Å². The maximum absolute atomic E-state index is 10.4. The van der Waals surface area contributed by atoms with Gasteiger partial charge in [-0.15, -0.1) is 0 Å². The lowest BCUT2D eigenvalue weighted by molar-refractivity contribution is -0.108. The molecule has 0 aromatic heterocycles. The molecule has 11 heavy (non-hydrogen) atoms. The summed E-state index contributed by atoms with van der Waals surface area (Å²) in [5.74, 6) is 0.479. The lowest BCUT2D eigenvalue weighted by Crippen LogP contribution is -2.34. The van der Waals surface area contributed by atoms with Crippen molar-refractivity contribution in [2.75, 3.05) is 13.1 Å². The van der Waals surface area contributed by atoms with Crippen LogP contribution in [0.25, 0.3) is 0 Å². The number of nitrogens with zero attached hydrogens (tertiary/aromatic N) is 1. The molecular weight excluding hydrogens is 205 g/mol. The molecule has 60 valence electrons. The minimum atomic E-state index is 0.0243. The average Bonchev–Trinajstić information content (AvgIpc) is 2.05. The van der Waals surface area contributed by atoms with Gasteiger partial charge in [0, 0.05) is 0 Å². The van der Waals surface area contributed by atoms with E-state index < -0.39 is 0 Å². The molecule has 0 aromatic carbocycles. The Morgan fingerprint density at radius 2 is 2.09 bits per heavy atom. The van der Waals surface area contributed by atoms with Crippen molar-refractivity contribution in [1.29, 1.82) is 0 Å². The molecule has 0 aromatic rings. The summed E-state index contributed by atoms with van der Waals surface area (Å²) >= 11 is 3.33. The van der Waals surface area contributed by atoms with Crippen LogP contribution in [0.2, 0.25) is 0 Å². The van der Waals surface area contributed by atoms with Crippen molar-refractivity contribution in [3.05, 3.63) is 0 Å². The fraction of sp³-hybridized carbons (Fsp3) is 0.857. The first-order valence-corrected chi connectivity index (χ1v) is 4.74. The van der Waals surface area contributed by atoms with Crippen LogP contribution in [0.15, 0.2) is 0 Å². The van der Waals surface area contributed by atoms with Gasteiger partial charge in [-0.3, -0.25) is 0 Å². The summed E-state index contributed by atoms with van der Waals surface area (Å²) in [4.78, 5) is 12.2. The van der Waals surface area contributed by atoms with Gasteiger partial charge < -0.3 is 9.61 Å². The Balaban J connectivity index is 2.32. The van der Waals surface area contributed by atoms with Crippen LogP contribution in [-0.4, -0.2) is 37.0 Å².